The van der Waals surface area contributed by atoms with E-state index >= 15 is 0 Å². The number of likely N-dealkylation sites (tertiary alicyclic amines) is 1. The van der Waals surface area contributed by atoms with Gasteiger partial charge in [-0.05, 0) is 112 Å². The molecule has 1 spiro atoms. The van der Waals surface area contributed by atoms with Crippen LogP contribution in [0.15, 0.2) is 55.3 Å². The molecule has 0 saturated carbocycles. The van der Waals surface area contributed by atoms with Crippen LogP contribution in [-0.2, 0) is 46.4 Å². The normalized spacial score (nSPS) is 24.4. The van der Waals surface area contributed by atoms with Crippen molar-refractivity contribution in [1.82, 2.24) is 44.9 Å². The fourth-order valence-electron chi connectivity index (χ4n) is 11.7. The molecule has 5 amide bonds. The number of carbonyl (C=O) groups excluding carboxylic acids is 5. The predicted octanol–water partition coefficient (Wildman–Crippen LogP) is 6.32. The van der Waals surface area contributed by atoms with Crippen molar-refractivity contribution >= 4 is 46.2 Å². The number of cyclic esters (lactones) is 1. The summed E-state index contributed by atoms with van der Waals surface area (Å²) in [5, 5.41) is 5.73. The van der Waals surface area contributed by atoms with Crippen LogP contribution in [-0.4, -0.2) is 160 Å². The maximum atomic E-state index is 14.9. The average Bonchev–Trinajstić information content (AvgIpc) is 3.85. The highest BCUT2D eigenvalue weighted by atomic mass is 16.5. The number of urea groups is 1. The number of hydrazine groups is 1. The molecule has 6 bridgehead atoms. The molecule has 1 aromatic carbocycles. The summed E-state index contributed by atoms with van der Waals surface area (Å²) in [7, 11) is 3.35. The van der Waals surface area contributed by atoms with Gasteiger partial charge in [0.2, 0.25) is 11.8 Å². The molecule has 6 atom stereocenters. The molecule has 2 aromatic heterocycles. The maximum absolute atomic E-state index is 14.9. The van der Waals surface area contributed by atoms with Crippen LogP contribution in [0, 0.1) is 11.3 Å². The lowest BCUT2D eigenvalue weighted by molar-refractivity contribution is -0.155. The van der Waals surface area contributed by atoms with Crippen LogP contribution >= 0.6 is 0 Å². The Morgan fingerprint density at radius 2 is 1.86 bits per heavy atom. The summed E-state index contributed by atoms with van der Waals surface area (Å²) in [6, 6.07) is 7.65. The molecule has 3 aromatic rings. The second kappa shape index (κ2) is 21.8. The molecular weight excluding hydrogens is 915 g/mol. The van der Waals surface area contributed by atoms with E-state index in [1.54, 1.807) is 24.0 Å². The number of hydrogen-bond donors (Lipinski definition) is 2. The third-order valence-corrected chi connectivity index (χ3v) is 15.8. The largest absolute Gasteiger partial charge is 0.464 e. The average molecular weight is 992 g/mol. The van der Waals surface area contributed by atoms with Crippen molar-refractivity contribution in [1.29, 1.82) is 0 Å². The van der Waals surface area contributed by atoms with Crippen molar-refractivity contribution in [3.8, 4) is 11.3 Å². The topological polar surface area (TPSA) is 171 Å². The first-order valence-electron chi connectivity index (χ1n) is 26.1. The number of carbonyl (C=O) groups is 5. The molecule has 3 fully saturated rings. The summed E-state index contributed by atoms with van der Waals surface area (Å²) in [5.41, 5.74) is 9.55. The molecule has 72 heavy (non-hydrogen) atoms. The number of amides is 5. The van der Waals surface area contributed by atoms with Gasteiger partial charge in [-0.25, -0.2) is 10.2 Å². The van der Waals surface area contributed by atoms with Crippen LogP contribution in [0.4, 0.5) is 4.79 Å². The van der Waals surface area contributed by atoms with E-state index in [2.05, 4.69) is 77.9 Å². The van der Waals surface area contributed by atoms with Gasteiger partial charge in [-0.1, -0.05) is 53.3 Å². The Hall–Kier alpha value is -5.62. The number of rotatable bonds is 10. The van der Waals surface area contributed by atoms with Gasteiger partial charge in [-0.3, -0.25) is 34.1 Å². The molecule has 0 radical (unpaired) electrons. The van der Waals surface area contributed by atoms with Crippen molar-refractivity contribution < 1.29 is 38.2 Å². The Labute approximate surface area is 425 Å². The van der Waals surface area contributed by atoms with Gasteiger partial charge in [0.1, 0.15) is 24.9 Å². The minimum absolute atomic E-state index is 0.147. The van der Waals surface area contributed by atoms with Crippen LogP contribution in [0.2, 0.25) is 0 Å². The Kier molecular flexibility index (Phi) is 16.0. The SMILES string of the molecule is C=CC(=O)N1COC2(CCN(C(=O)N(C)[C@H](C(=O)N[C@H]3CN4CCC=C(C4)c4ccc5c(c4)c(c(-c4cccnc4[C@H](C)OC)n5CCC)CC(C)(C)COC(=O)[C@@H]4CCCN(N4)C3=O)C(C)C)CC2)[C@@H]1C. The minimum atomic E-state index is -1.01. The second-order valence-electron chi connectivity index (χ2n) is 21.7. The summed E-state index contributed by atoms with van der Waals surface area (Å²) >= 11 is 0. The van der Waals surface area contributed by atoms with Crippen LogP contribution in [0.5, 0.6) is 0 Å². The summed E-state index contributed by atoms with van der Waals surface area (Å²) in [6.07, 6.45) is 9.51. The van der Waals surface area contributed by atoms with Gasteiger partial charge in [0.15, 0.2) is 0 Å². The zero-order valence-electron chi connectivity index (χ0n) is 44.0. The maximum Gasteiger partial charge on any atom is 0.324 e. The molecule has 5 aliphatic heterocycles. The lowest BCUT2D eigenvalue weighted by Crippen LogP contribution is -2.64. The van der Waals surface area contributed by atoms with E-state index in [0.29, 0.717) is 64.8 Å². The summed E-state index contributed by atoms with van der Waals surface area (Å²) < 4.78 is 20.7. The summed E-state index contributed by atoms with van der Waals surface area (Å²) in [4.78, 5) is 82.4. The molecular formula is C55H77N9O8. The zero-order chi connectivity index (χ0) is 51.6. The highest BCUT2D eigenvalue weighted by Crippen LogP contribution is 2.42. The number of benzene rings is 1. The smallest absolute Gasteiger partial charge is 0.324 e. The third kappa shape index (κ3) is 10.6. The van der Waals surface area contributed by atoms with Crippen molar-refractivity contribution in [3.63, 3.8) is 0 Å². The van der Waals surface area contributed by atoms with Gasteiger partial charge in [-0.2, -0.15) is 0 Å². The van der Waals surface area contributed by atoms with E-state index in [0.717, 1.165) is 63.9 Å². The van der Waals surface area contributed by atoms with Crippen molar-refractivity contribution in [2.75, 3.05) is 66.8 Å². The van der Waals surface area contributed by atoms with Gasteiger partial charge >= 0.3 is 12.0 Å². The van der Waals surface area contributed by atoms with E-state index in [9.17, 15) is 24.0 Å². The van der Waals surface area contributed by atoms with Crippen LogP contribution in [0.1, 0.15) is 110 Å². The van der Waals surface area contributed by atoms with E-state index < -0.39 is 41.0 Å². The number of aryl methyl sites for hydroxylation is 1. The Morgan fingerprint density at radius 1 is 1.10 bits per heavy atom. The number of esters is 1. The lowest BCUT2D eigenvalue weighted by atomic mass is 9.84. The van der Waals surface area contributed by atoms with Crippen molar-refractivity contribution in [3.05, 3.63) is 72.1 Å². The van der Waals surface area contributed by atoms with Crippen molar-refractivity contribution in [2.45, 2.75) is 136 Å². The van der Waals surface area contributed by atoms with E-state index in [1.165, 1.54) is 16.0 Å². The van der Waals surface area contributed by atoms with E-state index in [4.69, 9.17) is 19.2 Å². The van der Waals surface area contributed by atoms with Crippen LogP contribution < -0.4 is 10.7 Å². The highest BCUT2D eigenvalue weighted by Gasteiger charge is 2.50. The predicted molar refractivity (Wildman–Crippen MR) is 276 cm³/mol. The molecule has 1 unspecified atom stereocenters. The molecule has 2 N–H and O–H groups in total. The summed E-state index contributed by atoms with van der Waals surface area (Å²) in [5.74, 6) is -1.73. The quantitative estimate of drug-likeness (QED) is 0.172. The number of ether oxygens (including phenoxy) is 3. The number of piperidine rings is 1. The number of fused-ring (bicyclic) bond motifs is 6. The fraction of sp³-hybridized carbons (Fsp3) is 0.600. The third-order valence-electron chi connectivity index (χ3n) is 15.8. The molecule has 3 saturated heterocycles. The molecule has 7 heterocycles. The first-order chi connectivity index (χ1) is 34.4. The molecule has 390 valence electrons. The molecule has 0 aliphatic carbocycles. The molecule has 8 rings (SSSR count). The first kappa shape index (κ1) is 52.7. The number of methoxy groups -OCH3 is 1. The van der Waals surface area contributed by atoms with Gasteiger partial charge in [0, 0.05) is 88.0 Å². The van der Waals surface area contributed by atoms with Gasteiger partial charge < -0.3 is 38.8 Å². The van der Waals surface area contributed by atoms with Crippen molar-refractivity contribution in [2.24, 2.45) is 11.3 Å². The van der Waals surface area contributed by atoms with Gasteiger partial charge in [0.05, 0.1) is 35.7 Å². The van der Waals surface area contributed by atoms with Crippen LogP contribution in [0.25, 0.3) is 27.7 Å². The Balaban J connectivity index is 1.10. The minimum Gasteiger partial charge on any atom is -0.464 e. The first-order valence-corrected chi connectivity index (χ1v) is 26.1. The highest BCUT2D eigenvalue weighted by molar-refractivity contribution is 5.95. The molecule has 17 heteroatoms. The number of pyridine rings is 1. The fourth-order valence-corrected chi connectivity index (χ4v) is 11.7. The number of aromatic nitrogens is 2. The number of likely N-dealkylation sites (N-methyl/N-ethyl adjacent to an activating group) is 1. The molecule has 5 aliphatic rings. The number of hydrogen-bond acceptors (Lipinski definition) is 11. The monoisotopic (exact) mass is 992 g/mol. The Morgan fingerprint density at radius 3 is 2.57 bits per heavy atom. The zero-order valence-corrected chi connectivity index (χ0v) is 44.0. The van der Waals surface area contributed by atoms with E-state index in [1.807, 2.05) is 40.0 Å². The van der Waals surface area contributed by atoms with Crippen LogP contribution in [0.3, 0.4) is 0 Å². The number of nitrogens with zero attached hydrogens (tertiary/aromatic N) is 7. The summed E-state index contributed by atoms with van der Waals surface area (Å²) in [6.45, 7) is 21.5. The Bertz CT molecular complexity index is 2560. The van der Waals surface area contributed by atoms with Gasteiger partial charge in [0.25, 0.3) is 5.91 Å². The lowest BCUT2D eigenvalue weighted by Gasteiger charge is -2.43. The molecule has 17 nitrogen and oxygen atoms in total. The standard InChI is InChI=1S/C55H77N9O8/c1-11-24-62-45-20-19-38-29-41(45)42(49(62)40-17-13-23-56-47(40)36(5)70-10)30-54(7,8)33-71-52(68)43-18-15-26-64(58-43)51(67)44(32-60-25-14-16-39(38)31-60)57-50(66)48(35(3)4)59(9)53(69)61-27-21-55(22-28-61)37(6)63(34-72-55)46(65)12-2/h12-13,16-17,19-20,23,29,35-37,43-44,48,58H,2,11,14-15,18,21-22,24-28,30-34H2,1,3-10H3,(H,57,66)/t36-,37-,43-,44-,48-/m0/s1. The number of nitrogens with one attached hydrogen (secondary N) is 2. The van der Waals surface area contributed by atoms with Gasteiger partial charge in [-0.15, -0.1) is 0 Å². The van der Waals surface area contributed by atoms with E-state index in [-0.39, 0.29) is 55.8 Å². The second-order valence-corrected chi connectivity index (χ2v) is 21.7.